The standard InChI is InChI=1S/C34H43NO6/c1-34(2,3)33(37)40-25-12-14-27-29(20-25)39-21-28-26-13-9-23(36)19-30(26)41-32(31(27)28)22-7-10-24(11-8-22)38-18-17-35-15-5-4-6-16-35/h7-11,13,19,25,27,29,32,36H,4-6,12,14-18,20-21H2,1-3H3/t25?,27?,29?,32-/m1/s1. The summed E-state index contributed by atoms with van der Waals surface area (Å²) in [5.74, 6) is 1.71. The first kappa shape index (κ1) is 28.1. The highest BCUT2D eigenvalue weighted by Gasteiger charge is 2.45. The van der Waals surface area contributed by atoms with Crippen molar-refractivity contribution in [3.63, 3.8) is 0 Å². The Hall–Kier alpha value is -3.03. The van der Waals surface area contributed by atoms with Crippen LogP contribution in [-0.2, 0) is 14.3 Å². The zero-order valence-electron chi connectivity index (χ0n) is 24.6. The summed E-state index contributed by atoms with van der Waals surface area (Å²) in [6.45, 7) is 10.1. The summed E-state index contributed by atoms with van der Waals surface area (Å²) in [6, 6.07) is 13.6. The van der Waals surface area contributed by atoms with Crippen LogP contribution in [0.5, 0.6) is 17.2 Å². The normalized spacial score (nSPS) is 26.3. The lowest BCUT2D eigenvalue weighted by Crippen LogP contribution is -2.43. The summed E-state index contributed by atoms with van der Waals surface area (Å²) >= 11 is 0. The Balaban J connectivity index is 1.21. The third-order valence-corrected chi connectivity index (χ3v) is 8.94. The van der Waals surface area contributed by atoms with Crippen LogP contribution in [0.15, 0.2) is 48.0 Å². The lowest BCUT2D eigenvalue weighted by molar-refractivity contribution is -0.163. The maximum atomic E-state index is 12.6. The van der Waals surface area contributed by atoms with Crippen molar-refractivity contribution >= 4 is 11.5 Å². The molecule has 2 aromatic carbocycles. The quantitative estimate of drug-likeness (QED) is 0.415. The number of fused-ring (bicyclic) bond motifs is 4. The molecule has 0 spiro atoms. The van der Waals surface area contributed by atoms with Crippen LogP contribution < -0.4 is 9.47 Å². The Morgan fingerprint density at radius 1 is 1.05 bits per heavy atom. The molecule has 0 aromatic heterocycles. The number of hydrogen-bond donors (Lipinski definition) is 1. The Morgan fingerprint density at radius 2 is 1.83 bits per heavy atom. The molecule has 0 bridgehead atoms. The molecule has 41 heavy (non-hydrogen) atoms. The third kappa shape index (κ3) is 6.12. The number of rotatable bonds is 6. The minimum atomic E-state index is -0.527. The van der Waals surface area contributed by atoms with Crippen molar-refractivity contribution in [2.45, 2.75) is 77.6 Å². The number of ether oxygens (including phenoxy) is 4. The van der Waals surface area contributed by atoms with Crippen molar-refractivity contribution in [2.75, 3.05) is 32.8 Å². The van der Waals surface area contributed by atoms with Gasteiger partial charge in [-0.3, -0.25) is 9.69 Å². The summed E-state index contributed by atoms with van der Waals surface area (Å²) in [4.78, 5) is 15.1. The van der Waals surface area contributed by atoms with Gasteiger partial charge in [-0.1, -0.05) is 18.6 Å². The van der Waals surface area contributed by atoms with Crippen LogP contribution in [0.3, 0.4) is 0 Å². The van der Waals surface area contributed by atoms with Crippen LogP contribution in [0.1, 0.15) is 76.5 Å². The number of benzene rings is 2. The molecule has 3 aliphatic heterocycles. The molecule has 3 unspecified atom stereocenters. The molecule has 3 heterocycles. The largest absolute Gasteiger partial charge is 0.508 e. The predicted octanol–water partition coefficient (Wildman–Crippen LogP) is 6.30. The van der Waals surface area contributed by atoms with Crippen molar-refractivity contribution in [3.8, 4) is 17.2 Å². The lowest BCUT2D eigenvalue weighted by atomic mass is 9.72. The average Bonchev–Trinajstić information content (AvgIpc) is 2.96. The number of aromatic hydroxyl groups is 1. The molecular weight excluding hydrogens is 518 g/mol. The highest BCUT2D eigenvalue weighted by Crippen LogP contribution is 2.52. The maximum Gasteiger partial charge on any atom is 0.311 e. The number of carbonyl (C=O) groups is 1. The maximum absolute atomic E-state index is 12.6. The van der Waals surface area contributed by atoms with Crippen LogP contribution >= 0.6 is 0 Å². The number of nitrogens with zero attached hydrogens (tertiary/aromatic N) is 1. The van der Waals surface area contributed by atoms with Gasteiger partial charge in [0.1, 0.15) is 36.1 Å². The van der Waals surface area contributed by atoms with Gasteiger partial charge in [-0.15, -0.1) is 0 Å². The molecule has 0 amide bonds. The van der Waals surface area contributed by atoms with E-state index in [1.165, 1.54) is 37.9 Å². The van der Waals surface area contributed by atoms with E-state index in [1.807, 2.05) is 39.0 Å². The van der Waals surface area contributed by atoms with Crippen molar-refractivity contribution in [2.24, 2.45) is 11.3 Å². The molecule has 4 atom stereocenters. The summed E-state index contributed by atoms with van der Waals surface area (Å²) < 4.78 is 25.1. The van der Waals surface area contributed by atoms with E-state index >= 15 is 0 Å². The summed E-state index contributed by atoms with van der Waals surface area (Å²) in [5.41, 5.74) is 3.90. The lowest BCUT2D eigenvalue weighted by Gasteiger charge is -2.45. The Bertz CT molecular complexity index is 1270. The second-order valence-electron chi connectivity index (χ2n) is 13.0. The van der Waals surface area contributed by atoms with Crippen LogP contribution in [0.4, 0.5) is 0 Å². The summed E-state index contributed by atoms with van der Waals surface area (Å²) in [7, 11) is 0. The summed E-state index contributed by atoms with van der Waals surface area (Å²) in [5, 5.41) is 10.2. The van der Waals surface area contributed by atoms with Gasteiger partial charge in [-0.05, 0) is 101 Å². The van der Waals surface area contributed by atoms with E-state index in [4.69, 9.17) is 18.9 Å². The Labute approximate surface area is 243 Å². The first-order valence-electron chi connectivity index (χ1n) is 15.3. The molecular formula is C34H43NO6. The van der Waals surface area contributed by atoms with E-state index in [9.17, 15) is 9.90 Å². The first-order valence-corrected chi connectivity index (χ1v) is 15.3. The van der Waals surface area contributed by atoms with Gasteiger partial charge in [0, 0.05) is 30.5 Å². The van der Waals surface area contributed by atoms with Gasteiger partial charge in [0.2, 0.25) is 0 Å². The van der Waals surface area contributed by atoms with E-state index in [-0.39, 0.29) is 35.9 Å². The average molecular weight is 562 g/mol. The van der Waals surface area contributed by atoms with Crippen LogP contribution in [0.2, 0.25) is 0 Å². The van der Waals surface area contributed by atoms with E-state index in [0.29, 0.717) is 25.4 Å². The fourth-order valence-corrected chi connectivity index (χ4v) is 6.66. The monoisotopic (exact) mass is 561 g/mol. The van der Waals surface area contributed by atoms with E-state index in [2.05, 4.69) is 17.0 Å². The van der Waals surface area contributed by atoms with Gasteiger partial charge in [-0.2, -0.15) is 0 Å². The minimum Gasteiger partial charge on any atom is -0.508 e. The topological polar surface area (TPSA) is 77.5 Å². The SMILES string of the molecule is CC(C)(C)C(=O)OC1CCC2C3=C(COC2C1)c1ccc(O)cc1O[C@@H]3c1ccc(OCCN2CCCCC2)cc1. The molecule has 1 saturated carbocycles. The number of likely N-dealkylation sites (tertiary alicyclic amines) is 1. The fraction of sp³-hybridized carbons (Fsp3) is 0.559. The molecule has 1 aliphatic carbocycles. The molecule has 7 nitrogen and oxygen atoms in total. The van der Waals surface area contributed by atoms with Crippen molar-refractivity contribution in [3.05, 3.63) is 59.2 Å². The van der Waals surface area contributed by atoms with Gasteiger partial charge in [0.05, 0.1) is 18.1 Å². The van der Waals surface area contributed by atoms with E-state index in [0.717, 1.165) is 41.8 Å². The molecule has 7 heteroatoms. The van der Waals surface area contributed by atoms with Crippen molar-refractivity contribution < 1.29 is 28.8 Å². The Kier molecular flexibility index (Phi) is 8.01. The molecule has 4 aliphatic rings. The van der Waals surface area contributed by atoms with Crippen LogP contribution in [0.25, 0.3) is 5.57 Å². The summed E-state index contributed by atoms with van der Waals surface area (Å²) in [6.07, 6.45) is 5.77. The smallest absolute Gasteiger partial charge is 0.311 e. The third-order valence-electron chi connectivity index (χ3n) is 8.94. The number of carbonyl (C=O) groups excluding carboxylic acids is 1. The second kappa shape index (κ2) is 11.7. The van der Waals surface area contributed by atoms with Crippen molar-refractivity contribution in [1.82, 2.24) is 4.90 Å². The van der Waals surface area contributed by atoms with Crippen molar-refractivity contribution in [1.29, 1.82) is 0 Å². The van der Waals surface area contributed by atoms with Gasteiger partial charge < -0.3 is 24.1 Å². The first-order chi connectivity index (χ1) is 19.8. The highest BCUT2D eigenvalue weighted by atomic mass is 16.5. The highest BCUT2D eigenvalue weighted by molar-refractivity contribution is 5.78. The number of phenols is 1. The number of phenolic OH excluding ortho intramolecular Hbond substituents is 1. The number of esters is 1. The molecule has 1 saturated heterocycles. The number of piperidine rings is 1. The molecule has 6 rings (SSSR count). The second-order valence-corrected chi connectivity index (χ2v) is 13.0. The van der Waals surface area contributed by atoms with Gasteiger partial charge in [0.15, 0.2) is 0 Å². The zero-order chi connectivity index (χ0) is 28.6. The van der Waals surface area contributed by atoms with Gasteiger partial charge in [-0.25, -0.2) is 0 Å². The molecule has 1 N–H and O–H groups in total. The molecule has 0 radical (unpaired) electrons. The molecule has 2 fully saturated rings. The van der Waals surface area contributed by atoms with Gasteiger partial charge in [0.25, 0.3) is 0 Å². The predicted molar refractivity (Wildman–Crippen MR) is 157 cm³/mol. The molecule has 2 aromatic rings. The molecule has 220 valence electrons. The fourth-order valence-electron chi connectivity index (χ4n) is 6.66. The minimum absolute atomic E-state index is 0.0394. The number of hydrogen-bond acceptors (Lipinski definition) is 7. The van der Waals surface area contributed by atoms with Crippen LogP contribution in [-0.4, -0.2) is 61.0 Å². The van der Waals surface area contributed by atoms with E-state index < -0.39 is 5.41 Å². The van der Waals surface area contributed by atoms with E-state index in [1.54, 1.807) is 12.1 Å². The zero-order valence-corrected chi connectivity index (χ0v) is 24.6. The van der Waals surface area contributed by atoms with Gasteiger partial charge >= 0.3 is 5.97 Å². The Morgan fingerprint density at radius 3 is 2.59 bits per heavy atom. The van der Waals surface area contributed by atoms with Crippen LogP contribution in [0, 0.1) is 11.3 Å².